The predicted molar refractivity (Wildman–Crippen MR) is 157 cm³/mol. The third kappa shape index (κ3) is 6.90. The molecule has 0 bridgehead atoms. The zero-order valence-corrected chi connectivity index (χ0v) is 23.8. The van der Waals surface area contributed by atoms with Gasteiger partial charge in [-0.3, -0.25) is 19.2 Å². The van der Waals surface area contributed by atoms with Crippen molar-refractivity contribution >= 4 is 23.4 Å². The van der Waals surface area contributed by atoms with E-state index in [1.54, 1.807) is 24.3 Å². The first kappa shape index (κ1) is 31.9. The van der Waals surface area contributed by atoms with E-state index in [0.717, 1.165) is 29.3 Å². The number of Topliss-reactive ketones (excluding diaryl/α,β-unsaturated/α-hetero) is 2. The van der Waals surface area contributed by atoms with Crippen LogP contribution in [0, 0.1) is 0 Å². The van der Waals surface area contributed by atoms with Crippen LogP contribution >= 0.6 is 0 Å². The van der Waals surface area contributed by atoms with E-state index >= 15 is 0 Å². The predicted octanol–water partition coefficient (Wildman–Crippen LogP) is 6.75. The van der Waals surface area contributed by atoms with Gasteiger partial charge in [0.25, 0.3) is 5.91 Å². The molecule has 1 heterocycles. The molecule has 0 saturated heterocycles. The summed E-state index contributed by atoms with van der Waals surface area (Å²) >= 11 is 0. The van der Waals surface area contributed by atoms with Crippen molar-refractivity contribution in [2.45, 2.75) is 31.0 Å². The lowest BCUT2D eigenvalue weighted by atomic mass is 9.84. The van der Waals surface area contributed by atoms with Crippen molar-refractivity contribution in [3.63, 3.8) is 0 Å². The van der Waals surface area contributed by atoms with Crippen molar-refractivity contribution in [1.82, 2.24) is 5.32 Å². The Balaban J connectivity index is 1.41. The van der Waals surface area contributed by atoms with Crippen LogP contribution in [-0.4, -0.2) is 47.3 Å². The second-order valence-electron chi connectivity index (χ2n) is 10.4. The summed E-state index contributed by atoms with van der Waals surface area (Å²) in [5.41, 5.74) is 2.41. The van der Waals surface area contributed by atoms with Crippen LogP contribution in [0.2, 0.25) is 0 Å². The Hall–Kier alpha value is -5.52. The highest BCUT2D eigenvalue weighted by Gasteiger charge is 2.66. The molecule has 236 valence electrons. The minimum atomic E-state index is -4.97. The van der Waals surface area contributed by atoms with Gasteiger partial charge in [-0.25, -0.2) is 0 Å². The number of ketones is 2. The van der Waals surface area contributed by atoms with E-state index in [1.165, 1.54) is 24.3 Å². The molecule has 4 aromatic carbocycles. The standard InChI is InChI=1S/C34H25F4NO7/c35-33(36)34(37,38)46-29-18-25(14-15-28(29)45-33)27(40)19-26(22-8-6-21(7-9-22)20-4-2-1-3-5-20)31(43)23-10-12-24(13-11-23)32(44)39-17-16-30(41)42/h1-15,18,26H,16-17,19H2,(H,39,44)(H,41,42). The van der Waals surface area contributed by atoms with Gasteiger partial charge in [-0.2, -0.15) is 17.6 Å². The van der Waals surface area contributed by atoms with Crippen LogP contribution < -0.4 is 14.8 Å². The van der Waals surface area contributed by atoms with Gasteiger partial charge in [0.2, 0.25) is 0 Å². The second kappa shape index (κ2) is 12.8. The number of rotatable bonds is 11. The van der Waals surface area contributed by atoms with Crippen molar-refractivity contribution in [2.24, 2.45) is 0 Å². The zero-order valence-electron chi connectivity index (χ0n) is 23.8. The number of fused-ring (bicyclic) bond motifs is 1. The van der Waals surface area contributed by atoms with Crippen LogP contribution in [0.1, 0.15) is 55.4 Å². The van der Waals surface area contributed by atoms with Crippen LogP contribution in [0.4, 0.5) is 17.6 Å². The summed E-state index contributed by atoms with van der Waals surface area (Å²) in [6, 6.07) is 24.8. The Kier molecular flexibility index (Phi) is 8.90. The number of carboxylic acids is 1. The number of halogens is 4. The van der Waals surface area contributed by atoms with Crippen molar-refractivity contribution in [3.8, 4) is 22.6 Å². The molecule has 1 aliphatic heterocycles. The van der Waals surface area contributed by atoms with Crippen LogP contribution in [0.5, 0.6) is 11.5 Å². The lowest BCUT2D eigenvalue weighted by molar-refractivity contribution is -0.391. The van der Waals surface area contributed by atoms with Crippen LogP contribution in [0.3, 0.4) is 0 Å². The van der Waals surface area contributed by atoms with Gasteiger partial charge in [0.15, 0.2) is 23.1 Å². The smallest absolute Gasteiger partial charge is 0.481 e. The summed E-state index contributed by atoms with van der Waals surface area (Å²) in [5, 5.41) is 11.2. The highest BCUT2D eigenvalue weighted by atomic mass is 19.3. The molecule has 2 N–H and O–H groups in total. The largest absolute Gasteiger partial charge is 0.507 e. The van der Waals surface area contributed by atoms with E-state index in [0.29, 0.717) is 5.56 Å². The molecular weight excluding hydrogens is 610 g/mol. The molecule has 1 atom stereocenters. The summed E-state index contributed by atoms with van der Waals surface area (Å²) in [4.78, 5) is 50.3. The summed E-state index contributed by atoms with van der Waals surface area (Å²) in [7, 11) is 0. The molecule has 0 aliphatic carbocycles. The summed E-state index contributed by atoms with van der Waals surface area (Å²) in [5.74, 6) is -5.25. The number of nitrogens with one attached hydrogen (secondary N) is 1. The van der Waals surface area contributed by atoms with Crippen LogP contribution in [-0.2, 0) is 4.79 Å². The molecule has 4 aromatic rings. The lowest BCUT2D eigenvalue weighted by Gasteiger charge is -2.31. The van der Waals surface area contributed by atoms with E-state index < -0.39 is 59.5 Å². The molecule has 0 radical (unpaired) electrons. The zero-order chi connectivity index (χ0) is 33.1. The van der Waals surface area contributed by atoms with Gasteiger partial charge in [-0.1, -0.05) is 66.7 Å². The Morgan fingerprint density at radius 2 is 1.26 bits per heavy atom. The highest BCUT2D eigenvalue weighted by molar-refractivity contribution is 6.07. The normalized spacial score (nSPS) is 15.0. The number of benzene rings is 4. The van der Waals surface area contributed by atoms with E-state index in [1.807, 2.05) is 30.3 Å². The first-order valence-corrected chi connectivity index (χ1v) is 14.0. The number of carbonyl (C=O) groups is 4. The van der Waals surface area contributed by atoms with Crippen molar-refractivity contribution in [1.29, 1.82) is 0 Å². The van der Waals surface area contributed by atoms with Gasteiger partial charge in [0, 0.05) is 29.7 Å². The van der Waals surface area contributed by atoms with Crippen LogP contribution in [0.25, 0.3) is 11.1 Å². The maximum atomic E-state index is 13.8. The Morgan fingerprint density at radius 3 is 1.89 bits per heavy atom. The fourth-order valence-electron chi connectivity index (χ4n) is 4.82. The minimum absolute atomic E-state index is 0.0854. The van der Waals surface area contributed by atoms with E-state index in [-0.39, 0.29) is 29.7 Å². The fraction of sp³-hybridized carbons (Fsp3) is 0.176. The summed E-state index contributed by atoms with van der Waals surface area (Å²) in [6.45, 7) is -0.0854. The molecule has 0 saturated carbocycles. The number of carboxylic acid groups (broad SMARTS) is 1. The number of aliphatic carboxylic acids is 1. The quantitative estimate of drug-likeness (QED) is 0.138. The average molecular weight is 636 g/mol. The first-order valence-electron chi connectivity index (χ1n) is 14.0. The van der Waals surface area contributed by atoms with E-state index in [9.17, 15) is 36.7 Å². The van der Waals surface area contributed by atoms with Gasteiger partial charge in [-0.05, 0) is 47.0 Å². The molecule has 1 unspecified atom stereocenters. The van der Waals surface area contributed by atoms with Gasteiger partial charge in [-0.15, -0.1) is 0 Å². The van der Waals surface area contributed by atoms with E-state index in [2.05, 4.69) is 14.8 Å². The number of alkyl halides is 4. The molecule has 0 fully saturated rings. The number of hydrogen-bond donors (Lipinski definition) is 2. The maximum absolute atomic E-state index is 13.8. The monoisotopic (exact) mass is 635 g/mol. The molecule has 1 aliphatic rings. The molecule has 8 nitrogen and oxygen atoms in total. The molecular formula is C34H25F4NO7. The summed E-state index contributed by atoms with van der Waals surface area (Å²) in [6.07, 6.45) is -10.6. The molecule has 0 aromatic heterocycles. The highest BCUT2D eigenvalue weighted by Crippen LogP contribution is 2.47. The number of carbonyl (C=O) groups excluding carboxylic acids is 3. The topological polar surface area (TPSA) is 119 Å². The van der Waals surface area contributed by atoms with Gasteiger partial charge in [0.1, 0.15) is 0 Å². The van der Waals surface area contributed by atoms with Crippen molar-refractivity contribution in [2.75, 3.05) is 6.54 Å². The molecule has 1 amide bonds. The molecule has 5 rings (SSSR count). The SMILES string of the molecule is O=C(O)CCNC(=O)c1ccc(C(=O)C(CC(=O)c2ccc3c(c2)OC(F)(F)C(F)(F)O3)c2ccc(-c3ccccc3)cc2)cc1. The Bertz CT molecular complexity index is 1780. The third-order valence-corrected chi connectivity index (χ3v) is 7.26. The third-order valence-electron chi connectivity index (χ3n) is 7.26. The molecule has 12 heteroatoms. The summed E-state index contributed by atoms with van der Waals surface area (Å²) < 4.78 is 62.9. The number of hydrogen-bond acceptors (Lipinski definition) is 6. The number of amides is 1. The van der Waals surface area contributed by atoms with Gasteiger partial charge < -0.3 is 19.9 Å². The molecule has 46 heavy (non-hydrogen) atoms. The van der Waals surface area contributed by atoms with Gasteiger partial charge >= 0.3 is 18.2 Å². The Morgan fingerprint density at radius 1 is 0.696 bits per heavy atom. The lowest BCUT2D eigenvalue weighted by Crippen LogP contribution is -2.52. The molecule has 0 spiro atoms. The van der Waals surface area contributed by atoms with Crippen molar-refractivity contribution in [3.05, 3.63) is 119 Å². The van der Waals surface area contributed by atoms with E-state index in [4.69, 9.17) is 5.11 Å². The Labute approximate surface area is 259 Å². The fourth-order valence-corrected chi connectivity index (χ4v) is 4.82. The van der Waals surface area contributed by atoms with Crippen molar-refractivity contribution < 1.29 is 51.3 Å². The minimum Gasteiger partial charge on any atom is -0.481 e. The van der Waals surface area contributed by atoms with Gasteiger partial charge in [0.05, 0.1) is 12.3 Å². The second-order valence-corrected chi connectivity index (χ2v) is 10.4. The number of ether oxygens (including phenoxy) is 2. The maximum Gasteiger partial charge on any atom is 0.507 e. The van der Waals surface area contributed by atoms with Crippen LogP contribution in [0.15, 0.2) is 97.1 Å². The average Bonchev–Trinajstić information content (AvgIpc) is 3.03. The first-order chi connectivity index (χ1) is 21.8.